The van der Waals surface area contributed by atoms with Crippen molar-refractivity contribution in [3.05, 3.63) is 52.4 Å². The number of hydrogen-bond acceptors (Lipinski definition) is 5. The lowest BCUT2D eigenvalue weighted by Gasteiger charge is -2.29. The van der Waals surface area contributed by atoms with Crippen LogP contribution in [0.5, 0.6) is 11.5 Å². The maximum Gasteiger partial charge on any atom is 0.323 e. The molecular formula is C19H17NO5S. The summed E-state index contributed by atoms with van der Waals surface area (Å²) in [6.45, 7) is 1.33. The van der Waals surface area contributed by atoms with E-state index in [-0.39, 0.29) is 11.7 Å². The number of phenols is 1. The number of carbonyl (C=O) groups excluding carboxylic acids is 1. The number of anilines is 1. The first-order valence-corrected chi connectivity index (χ1v) is 8.62. The van der Waals surface area contributed by atoms with Gasteiger partial charge >= 0.3 is 5.97 Å². The molecular weight excluding hydrogens is 354 g/mol. The summed E-state index contributed by atoms with van der Waals surface area (Å²) < 4.78 is 5.15. The number of nitrogens with zero attached hydrogens (tertiary/aromatic N) is 1. The molecule has 0 aliphatic carbocycles. The SMILES string of the molecule is COc1cc(/C=C2\Sc3ccccc3N(CC(=O)O)C2=O)cc(C)c1O. The standard InChI is InChI=1S/C19H17NO5S/c1-11-7-12(8-14(25-2)18(11)23)9-16-19(24)20(10-17(21)22)13-5-3-4-6-15(13)26-16/h3-9,23H,10H2,1-2H3,(H,21,22)/b16-9-. The number of hydrogen-bond donors (Lipinski definition) is 2. The third-order valence-corrected chi connectivity index (χ3v) is 5.01. The van der Waals surface area contributed by atoms with Crippen molar-refractivity contribution in [3.8, 4) is 11.5 Å². The van der Waals surface area contributed by atoms with Gasteiger partial charge in [0.2, 0.25) is 0 Å². The summed E-state index contributed by atoms with van der Waals surface area (Å²) in [5.74, 6) is -1.09. The lowest BCUT2D eigenvalue weighted by Crippen LogP contribution is -2.38. The first-order chi connectivity index (χ1) is 12.4. The summed E-state index contributed by atoms with van der Waals surface area (Å²) in [5.41, 5.74) is 1.89. The summed E-state index contributed by atoms with van der Waals surface area (Å²) in [7, 11) is 1.46. The molecule has 1 aliphatic rings. The molecule has 0 aromatic heterocycles. The second-order valence-corrected chi connectivity index (χ2v) is 6.84. The third-order valence-electron chi connectivity index (χ3n) is 3.93. The van der Waals surface area contributed by atoms with Crippen molar-refractivity contribution in [2.45, 2.75) is 11.8 Å². The van der Waals surface area contributed by atoms with Gasteiger partial charge in [-0.25, -0.2) is 0 Å². The Kier molecular flexibility index (Phi) is 4.90. The predicted molar refractivity (Wildman–Crippen MR) is 99.7 cm³/mol. The highest BCUT2D eigenvalue weighted by Gasteiger charge is 2.30. The highest BCUT2D eigenvalue weighted by molar-refractivity contribution is 8.04. The lowest BCUT2D eigenvalue weighted by molar-refractivity contribution is -0.136. The molecule has 0 unspecified atom stereocenters. The first kappa shape index (κ1) is 17.9. The van der Waals surface area contributed by atoms with Crippen LogP contribution in [0.3, 0.4) is 0 Å². The molecule has 6 nitrogen and oxygen atoms in total. The summed E-state index contributed by atoms with van der Waals surface area (Å²) in [5, 5.41) is 19.1. The van der Waals surface area contributed by atoms with Crippen LogP contribution in [0.2, 0.25) is 0 Å². The van der Waals surface area contributed by atoms with E-state index in [1.54, 1.807) is 37.3 Å². The van der Waals surface area contributed by atoms with Gasteiger partial charge in [0, 0.05) is 4.90 Å². The Morgan fingerprint density at radius 2 is 2.04 bits per heavy atom. The number of benzene rings is 2. The molecule has 0 radical (unpaired) electrons. The molecule has 1 aliphatic heterocycles. The van der Waals surface area contributed by atoms with E-state index in [0.29, 0.717) is 27.5 Å². The molecule has 2 aromatic rings. The summed E-state index contributed by atoms with van der Waals surface area (Å²) in [6, 6.07) is 10.5. The quantitative estimate of drug-likeness (QED) is 0.802. The molecule has 0 spiro atoms. The average Bonchev–Trinajstić information content (AvgIpc) is 2.61. The molecule has 3 rings (SSSR count). The summed E-state index contributed by atoms with van der Waals surface area (Å²) in [4.78, 5) is 26.5. The minimum atomic E-state index is -1.08. The Hall–Kier alpha value is -2.93. The number of ether oxygens (including phenoxy) is 1. The maximum atomic E-state index is 12.8. The molecule has 2 aromatic carbocycles. The van der Waals surface area contributed by atoms with Crippen LogP contribution < -0.4 is 9.64 Å². The Morgan fingerprint density at radius 3 is 2.73 bits per heavy atom. The van der Waals surface area contributed by atoms with Crippen molar-refractivity contribution in [2.24, 2.45) is 0 Å². The number of aromatic hydroxyl groups is 1. The first-order valence-electron chi connectivity index (χ1n) is 7.80. The predicted octanol–water partition coefficient (Wildman–Crippen LogP) is 3.27. The molecule has 7 heteroatoms. The van der Waals surface area contributed by atoms with Crippen LogP contribution in [-0.4, -0.2) is 35.7 Å². The number of thioether (sulfide) groups is 1. The number of carbonyl (C=O) groups is 2. The van der Waals surface area contributed by atoms with E-state index in [1.165, 1.54) is 23.8 Å². The van der Waals surface area contributed by atoms with Crippen molar-refractivity contribution in [1.82, 2.24) is 0 Å². The fourth-order valence-electron chi connectivity index (χ4n) is 2.72. The van der Waals surface area contributed by atoms with Gasteiger partial charge in [-0.05, 0) is 48.4 Å². The van der Waals surface area contributed by atoms with Crippen LogP contribution >= 0.6 is 11.8 Å². The summed E-state index contributed by atoms with van der Waals surface area (Å²) in [6.07, 6.45) is 1.67. The van der Waals surface area contributed by atoms with Gasteiger partial charge in [-0.2, -0.15) is 0 Å². The van der Waals surface area contributed by atoms with E-state index in [0.717, 1.165) is 4.90 Å². The average molecular weight is 371 g/mol. The van der Waals surface area contributed by atoms with Crippen molar-refractivity contribution < 1.29 is 24.5 Å². The Morgan fingerprint density at radius 1 is 1.31 bits per heavy atom. The molecule has 2 N–H and O–H groups in total. The van der Waals surface area contributed by atoms with Crippen molar-refractivity contribution in [2.75, 3.05) is 18.6 Å². The third kappa shape index (κ3) is 3.39. The topological polar surface area (TPSA) is 87.1 Å². The Labute approximate surface area is 154 Å². The minimum Gasteiger partial charge on any atom is -0.504 e. The van der Waals surface area contributed by atoms with Gasteiger partial charge in [0.1, 0.15) is 6.54 Å². The molecule has 1 amide bonds. The number of methoxy groups -OCH3 is 1. The summed E-state index contributed by atoms with van der Waals surface area (Å²) >= 11 is 1.29. The van der Waals surface area contributed by atoms with E-state index >= 15 is 0 Å². The van der Waals surface area contributed by atoms with Crippen LogP contribution in [0.4, 0.5) is 5.69 Å². The molecule has 134 valence electrons. The number of fused-ring (bicyclic) bond motifs is 1. The maximum absolute atomic E-state index is 12.8. The van der Waals surface area contributed by atoms with Gasteiger partial charge in [-0.1, -0.05) is 23.9 Å². The fourth-order valence-corrected chi connectivity index (χ4v) is 3.78. The second kappa shape index (κ2) is 7.13. The van der Waals surface area contributed by atoms with Gasteiger partial charge < -0.3 is 14.9 Å². The number of amides is 1. The normalized spacial score (nSPS) is 15.1. The van der Waals surface area contributed by atoms with Crippen molar-refractivity contribution in [3.63, 3.8) is 0 Å². The second-order valence-electron chi connectivity index (χ2n) is 5.75. The number of carboxylic acid groups (broad SMARTS) is 1. The number of carboxylic acids is 1. The van der Waals surface area contributed by atoms with E-state index < -0.39 is 12.5 Å². The van der Waals surface area contributed by atoms with Crippen LogP contribution in [0, 0.1) is 6.92 Å². The number of rotatable bonds is 4. The van der Waals surface area contributed by atoms with E-state index in [4.69, 9.17) is 9.84 Å². The molecule has 26 heavy (non-hydrogen) atoms. The largest absolute Gasteiger partial charge is 0.504 e. The number of aliphatic carboxylic acids is 1. The number of aryl methyl sites for hydroxylation is 1. The van der Waals surface area contributed by atoms with Gasteiger partial charge in [0.15, 0.2) is 11.5 Å². The zero-order valence-corrected chi connectivity index (χ0v) is 15.0. The molecule has 0 bridgehead atoms. The van der Waals surface area contributed by atoms with Gasteiger partial charge in [-0.3, -0.25) is 14.5 Å². The van der Waals surface area contributed by atoms with Gasteiger partial charge in [0.25, 0.3) is 5.91 Å². The monoisotopic (exact) mass is 371 g/mol. The van der Waals surface area contributed by atoms with E-state index in [2.05, 4.69) is 0 Å². The van der Waals surface area contributed by atoms with E-state index in [9.17, 15) is 14.7 Å². The molecule has 0 saturated heterocycles. The Balaban J connectivity index is 2.06. The van der Waals surface area contributed by atoms with Crippen LogP contribution in [-0.2, 0) is 9.59 Å². The highest BCUT2D eigenvalue weighted by Crippen LogP contribution is 2.42. The Bertz CT molecular complexity index is 922. The molecule has 0 saturated carbocycles. The van der Waals surface area contributed by atoms with Crippen LogP contribution in [0.15, 0.2) is 46.2 Å². The minimum absolute atomic E-state index is 0.0510. The van der Waals surface area contributed by atoms with Gasteiger partial charge in [-0.15, -0.1) is 0 Å². The number of para-hydroxylation sites is 1. The van der Waals surface area contributed by atoms with Gasteiger partial charge in [0.05, 0.1) is 17.7 Å². The smallest absolute Gasteiger partial charge is 0.323 e. The van der Waals surface area contributed by atoms with Crippen molar-refractivity contribution in [1.29, 1.82) is 0 Å². The van der Waals surface area contributed by atoms with E-state index in [1.807, 2.05) is 12.1 Å². The molecule has 0 fully saturated rings. The highest BCUT2D eigenvalue weighted by atomic mass is 32.2. The molecule has 1 heterocycles. The molecule has 0 atom stereocenters. The zero-order valence-electron chi connectivity index (χ0n) is 14.2. The number of phenolic OH excluding ortho intramolecular Hbond substituents is 1. The zero-order chi connectivity index (χ0) is 18.8. The fraction of sp³-hybridized carbons (Fsp3) is 0.158. The van der Waals surface area contributed by atoms with Crippen LogP contribution in [0.1, 0.15) is 11.1 Å². The lowest BCUT2D eigenvalue weighted by atomic mass is 10.1. The van der Waals surface area contributed by atoms with Crippen molar-refractivity contribution >= 4 is 35.4 Å². The van der Waals surface area contributed by atoms with Crippen LogP contribution in [0.25, 0.3) is 6.08 Å².